The van der Waals surface area contributed by atoms with Gasteiger partial charge in [0, 0.05) is 43.0 Å². The summed E-state index contributed by atoms with van der Waals surface area (Å²) in [6, 6.07) is 16.1. The highest BCUT2D eigenvalue weighted by Crippen LogP contribution is 2.38. The van der Waals surface area contributed by atoms with Gasteiger partial charge in [-0.05, 0) is 31.2 Å². The fourth-order valence-electron chi connectivity index (χ4n) is 4.67. The average molecular weight is 532 g/mol. The molecule has 1 atom stereocenters. The van der Waals surface area contributed by atoms with Crippen LogP contribution in [-0.2, 0) is 12.4 Å². The first kappa shape index (κ1) is 25.6. The third kappa shape index (κ3) is 5.05. The summed E-state index contributed by atoms with van der Waals surface area (Å²) >= 11 is 0. The van der Waals surface area contributed by atoms with Crippen LogP contribution >= 0.6 is 0 Å². The largest absolute Gasteiger partial charge is 0.419 e. The molecular weight excluding hydrogens is 508 g/mol. The number of aromatic nitrogens is 3. The van der Waals surface area contributed by atoms with E-state index >= 15 is 0 Å². The Kier molecular flexibility index (Phi) is 6.54. The van der Waals surface area contributed by atoms with Crippen LogP contribution in [0.1, 0.15) is 18.1 Å². The number of rotatable bonds is 4. The van der Waals surface area contributed by atoms with Crippen molar-refractivity contribution in [2.75, 3.05) is 29.4 Å². The number of hydrogen-bond acceptors (Lipinski definition) is 4. The summed E-state index contributed by atoms with van der Waals surface area (Å²) < 4.78 is 80.0. The van der Waals surface area contributed by atoms with Gasteiger partial charge in [0.25, 0.3) is 0 Å². The lowest BCUT2D eigenvalue weighted by Crippen LogP contribution is -2.53. The Bertz CT molecular complexity index is 1400. The minimum absolute atomic E-state index is 0.110. The van der Waals surface area contributed by atoms with E-state index in [1.165, 1.54) is 24.4 Å². The molecular formula is C27H23F6N5. The van der Waals surface area contributed by atoms with Gasteiger partial charge in [-0.2, -0.15) is 26.3 Å². The lowest BCUT2D eigenvalue weighted by atomic mass is 10.0. The zero-order valence-corrected chi connectivity index (χ0v) is 20.2. The van der Waals surface area contributed by atoms with Crippen LogP contribution in [0.15, 0.2) is 72.9 Å². The molecule has 1 aliphatic heterocycles. The molecule has 0 saturated carbocycles. The van der Waals surface area contributed by atoms with E-state index in [0.717, 1.165) is 23.8 Å². The number of hydrogen-bond donors (Lipinski definition) is 1. The minimum Gasteiger partial charge on any atom is -0.352 e. The van der Waals surface area contributed by atoms with E-state index in [-0.39, 0.29) is 24.9 Å². The molecule has 2 aromatic heterocycles. The van der Waals surface area contributed by atoms with Crippen LogP contribution in [0.25, 0.3) is 22.5 Å². The van der Waals surface area contributed by atoms with Gasteiger partial charge in [-0.1, -0.05) is 42.5 Å². The van der Waals surface area contributed by atoms with Crippen LogP contribution in [0.2, 0.25) is 0 Å². The summed E-state index contributed by atoms with van der Waals surface area (Å²) in [6.07, 6.45) is -7.63. The first-order valence-electron chi connectivity index (χ1n) is 11.9. The summed E-state index contributed by atoms with van der Waals surface area (Å²) in [4.78, 5) is 15.6. The van der Waals surface area contributed by atoms with Crippen LogP contribution in [0.3, 0.4) is 0 Å². The van der Waals surface area contributed by atoms with Gasteiger partial charge in [0.05, 0.1) is 22.5 Å². The third-order valence-corrected chi connectivity index (χ3v) is 6.53. The summed E-state index contributed by atoms with van der Waals surface area (Å²) in [5, 5.41) is 0. The van der Waals surface area contributed by atoms with E-state index in [9.17, 15) is 26.3 Å². The van der Waals surface area contributed by atoms with Crippen LogP contribution < -0.4 is 9.80 Å². The van der Waals surface area contributed by atoms with Crippen molar-refractivity contribution in [3.05, 3.63) is 84.1 Å². The second kappa shape index (κ2) is 9.70. The molecule has 0 unspecified atom stereocenters. The Morgan fingerprint density at radius 1 is 0.816 bits per heavy atom. The summed E-state index contributed by atoms with van der Waals surface area (Å²) in [5.41, 5.74) is 0.900. The van der Waals surface area contributed by atoms with E-state index < -0.39 is 23.5 Å². The summed E-state index contributed by atoms with van der Waals surface area (Å²) in [5.74, 6) is 0.379. The standard InChI is InChI=1S/C27H23F6N5/c1-17-16-37(24-21(27(31,32)33)8-5-13-34-24)14-15-38(17)25-35-22(18-6-3-2-4-7-18)23(36-25)19-9-11-20(12-10-19)26(28,29)30/h2-13,17H,14-16H2,1H3,(H,35,36)/t17-/m1/s1. The molecule has 0 amide bonds. The number of imidazole rings is 1. The number of aromatic amines is 1. The minimum atomic E-state index is -4.52. The van der Waals surface area contributed by atoms with Crippen molar-refractivity contribution in [2.24, 2.45) is 0 Å². The number of halogens is 6. The molecule has 5 nitrogen and oxygen atoms in total. The Balaban J connectivity index is 1.47. The van der Waals surface area contributed by atoms with Gasteiger partial charge >= 0.3 is 12.4 Å². The number of nitrogens with one attached hydrogen (secondary N) is 1. The van der Waals surface area contributed by atoms with Crippen molar-refractivity contribution in [2.45, 2.75) is 25.3 Å². The molecule has 1 N–H and O–H groups in total. The number of benzene rings is 2. The number of pyridine rings is 1. The van der Waals surface area contributed by atoms with E-state index in [1.54, 1.807) is 4.90 Å². The van der Waals surface area contributed by atoms with Gasteiger partial charge in [-0.25, -0.2) is 9.97 Å². The molecule has 0 radical (unpaired) electrons. The Morgan fingerprint density at radius 2 is 1.53 bits per heavy atom. The van der Waals surface area contributed by atoms with Gasteiger partial charge < -0.3 is 14.8 Å². The number of piperazine rings is 1. The topological polar surface area (TPSA) is 48.1 Å². The van der Waals surface area contributed by atoms with Crippen LogP contribution in [0.5, 0.6) is 0 Å². The highest BCUT2D eigenvalue weighted by molar-refractivity contribution is 5.80. The maximum atomic E-state index is 13.5. The van der Waals surface area contributed by atoms with Crippen LogP contribution in [0, 0.1) is 0 Å². The number of anilines is 2. The van der Waals surface area contributed by atoms with Gasteiger partial charge in [0.2, 0.25) is 5.95 Å². The SMILES string of the molecule is C[C@@H]1CN(c2ncccc2C(F)(F)F)CCN1c1nc(-c2ccccc2)c(-c2ccc(C(F)(F)F)cc2)[nH]1. The molecule has 2 aromatic carbocycles. The molecule has 198 valence electrons. The predicted molar refractivity (Wildman–Crippen MR) is 133 cm³/mol. The molecule has 3 heterocycles. The summed E-state index contributed by atoms with van der Waals surface area (Å²) in [6.45, 7) is 2.80. The quantitative estimate of drug-likeness (QED) is 0.292. The molecule has 1 aliphatic rings. The van der Waals surface area contributed by atoms with Crippen LogP contribution in [-0.4, -0.2) is 40.6 Å². The molecule has 1 fully saturated rings. The molecule has 1 saturated heterocycles. The molecule has 0 aliphatic carbocycles. The number of H-pyrrole nitrogens is 1. The van der Waals surface area contributed by atoms with Crippen molar-refractivity contribution in [1.82, 2.24) is 15.0 Å². The zero-order valence-electron chi connectivity index (χ0n) is 20.2. The lowest BCUT2D eigenvalue weighted by molar-refractivity contribution is -0.138. The molecule has 38 heavy (non-hydrogen) atoms. The van der Waals surface area contributed by atoms with Gasteiger partial charge in [-0.15, -0.1) is 0 Å². The maximum Gasteiger partial charge on any atom is 0.419 e. The van der Waals surface area contributed by atoms with Crippen molar-refractivity contribution in [3.63, 3.8) is 0 Å². The fourth-order valence-corrected chi connectivity index (χ4v) is 4.67. The highest BCUT2D eigenvalue weighted by atomic mass is 19.4. The summed E-state index contributed by atoms with van der Waals surface area (Å²) in [7, 11) is 0. The second-order valence-corrected chi connectivity index (χ2v) is 9.09. The molecule has 5 rings (SSSR count). The monoisotopic (exact) mass is 531 g/mol. The Morgan fingerprint density at radius 3 is 2.16 bits per heavy atom. The van der Waals surface area contributed by atoms with E-state index in [2.05, 4.69) is 9.97 Å². The third-order valence-electron chi connectivity index (χ3n) is 6.53. The smallest absolute Gasteiger partial charge is 0.352 e. The molecule has 0 spiro atoms. The van der Waals surface area contributed by atoms with Crippen molar-refractivity contribution >= 4 is 11.8 Å². The van der Waals surface area contributed by atoms with E-state index in [0.29, 0.717) is 29.4 Å². The van der Waals surface area contributed by atoms with Crippen molar-refractivity contribution < 1.29 is 26.3 Å². The maximum absolute atomic E-state index is 13.5. The second-order valence-electron chi connectivity index (χ2n) is 9.09. The van der Waals surface area contributed by atoms with Gasteiger partial charge in [0.1, 0.15) is 5.82 Å². The van der Waals surface area contributed by atoms with Crippen LogP contribution in [0.4, 0.5) is 38.1 Å². The molecule has 4 aromatic rings. The zero-order chi connectivity index (χ0) is 27.1. The Hall–Kier alpha value is -4.02. The van der Waals surface area contributed by atoms with E-state index in [4.69, 9.17) is 4.98 Å². The van der Waals surface area contributed by atoms with Gasteiger partial charge in [0.15, 0.2) is 0 Å². The lowest BCUT2D eigenvalue weighted by Gasteiger charge is -2.40. The van der Waals surface area contributed by atoms with Crippen molar-refractivity contribution in [1.29, 1.82) is 0 Å². The van der Waals surface area contributed by atoms with Crippen molar-refractivity contribution in [3.8, 4) is 22.5 Å². The Labute approximate surface area is 214 Å². The highest BCUT2D eigenvalue weighted by Gasteiger charge is 2.37. The normalized spacial score (nSPS) is 16.7. The van der Waals surface area contributed by atoms with E-state index in [1.807, 2.05) is 42.2 Å². The first-order valence-corrected chi connectivity index (χ1v) is 11.9. The van der Waals surface area contributed by atoms with Gasteiger partial charge in [-0.3, -0.25) is 0 Å². The average Bonchev–Trinajstić information content (AvgIpc) is 3.33. The number of nitrogens with zero attached hydrogens (tertiary/aromatic N) is 4. The molecule has 0 bridgehead atoms. The molecule has 11 heteroatoms. The first-order chi connectivity index (χ1) is 18.0. The number of alkyl halides is 6. The predicted octanol–water partition coefficient (Wildman–Crippen LogP) is 6.89. The fraction of sp³-hybridized carbons (Fsp3) is 0.259.